The number of ether oxygens (including phenoxy) is 1. The van der Waals surface area contributed by atoms with Crippen LogP contribution in [-0.2, 0) is 20.7 Å². The number of nitrogens with two attached hydrogens (primary N) is 1. The normalized spacial score (nSPS) is 12.5. The summed E-state index contributed by atoms with van der Waals surface area (Å²) in [7, 11) is 1.53. The maximum absolute atomic E-state index is 12.0. The van der Waals surface area contributed by atoms with Gasteiger partial charge in [-0.15, -0.1) is 0 Å². The molecule has 1 atom stereocenters. The Bertz CT molecular complexity index is 866. The van der Waals surface area contributed by atoms with Crippen LogP contribution in [0.1, 0.15) is 12.5 Å². The Kier molecular flexibility index (Phi) is 6.73. The Morgan fingerprint density at radius 2 is 1.79 bits per heavy atom. The van der Waals surface area contributed by atoms with Gasteiger partial charge in [0.2, 0.25) is 5.54 Å². The summed E-state index contributed by atoms with van der Waals surface area (Å²) in [6.45, 7) is 1.63. The van der Waals surface area contributed by atoms with Gasteiger partial charge in [-0.3, -0.25) is 0 Å². The molecule has 8 nitrogen and oxygen atoms in total. The minimum atomic E-state index is -2.14. The van der Waals surface area contributed by atoms with Crippen LogP contribution in [0.5, 0.6) is 0 Å². The zero-order chi connectivity index (χ0) is 20.7. The Balaban J connectivity index is 2.21. The number of urea groups is 1. The molecule has 0 unspecified atom stereocenters. The van der Waals surface area contributed by atoms with Gasteiger partial charge in [-0.05, 0) is 35.7 Å². The monoisotopic (exact) mass is 385 g/mol. The van der Waals surface area contributed by atoms with Gasteiger partial charge in [-0.1, -0.05) is 36.4 Å². The number of carbonyl (C=O) groups is 3. The van der Waals surface area contributed by atoms with Crippen LogP contribution in [0.15, 0.2) is 48.5 Å². The number of benzene rings is 2. The maximum atomic E-state index is 12.0. The van der Waals surface area contributed by atoms with Gasteiger partial charge in [-0.25, -0.2) is 14.4 Å². The molecule has 148 valence electrons. The highest BCUT2D eigenvalue weighted by molar-refractivity contribution is 6.04. The van der Waals surface area contributed by atoms with E-state index in [1.54, 1.807) is 37.3 Å². The molecule has 0 saturated carbocycles. The highest BCUT2D eigenvalue weighted by Crippen LogP contribution is 2.24. The van der Waals surface area contributed by atoms with E-state index in [1.165, 1.54) is 7.05 Å². The molecule has 8 heteroatoms. The average molecular weight is 385 g/mol. The van der Waals surface area contributed by atoms with Crippen molar-refractivity contribution in [3.8, 4) is 11.1 Å². The Labute approximate surface area is 162 Å². The van der Waals surface area contributed by atoms with Crippen LogP contribution in [0.25, 0.3) is 11.1 Å². The molecule has 0 aromatic heterocycles. The number of hydrogen-bond acceptors (Lipinski definition) is 5. The van der Waals surface area contributed by atoms with E-state index in [0.717, 1.165) is 11.1 Å². The minimum Gasteiger partial charge on any atom is -0.479 e. The van der Waals surface area contributed by atoms with Gasteiger partial charge in [0.25, 0.3) is 0 Å². The lowest BCUT2D eigenvalue weighted by Gasteiger charge is -2.22. The number of esters is 1. The summed E-state index contributed by atoms with van der Waals surface area (Å²) < 4.78 is 4.80. The fraction of sp³-hybridized carbons (Fsp3) is 0.250. The molecule has 0 fully saturated rings. The highest BCUT2D eigenvalue weighted by Gasteiger charge is 2.44. The third kappa shape index (κ3) is 4.86. The lowest BCUT2D eigenvalue weighted by Crippen LogP contribution is -2.57. The van der Waals surface area contributed by atoms with E-state index in [1.807, 2.05) is 18.2 Å². The standard InChI is InChI=1S/C20H23N3O5/c1-3-28-18(26)20(21,17(24)25)12-13-7-9-14(10-8-13)15-5-4-6-16(11-15)23-19(27)22-2/h4-11H,3,12,21H2,1-2H3,(H,24,25)(H2,22,23,27)/t20-/m0/s1. The largest absolute Gasteiger partial charge is 0.479 e. The summed E-state index contributed by atoms with van der Waals surface area (Å²) in [5.74, 6) is -2.41. The van der Waals surface area contributed by atoms with Crippen molar-refractivity contribution >= 4 is 23.7 Å². The Morgan fingerprint density at radius 1 is 1.11 bits per heavy atom. The first kappa shape index (κ1) is 20.9. The second-order valence-corrected chi connectivity index (χ2v) is 6.16. The van der Waals surface area contributed by atoms with E-state index in [-0.39, 0.29) is 19.1 Å². The van der Waals surface area contributed by atoms with Gasteiger partial charge < -0.3 is 26.2 Å². The second kappa shape index (κ2) is 9.01. The number of carbonyl (C=O) groups excluding carboxylic acids is 2. The zero-order valence-electron chi connectivity index (χ0n) is 15.7. The molecule has 0 aliphatic rings. The van der Waals surface area contributed by atoms with Gasteiger partial charge in [0.05, 0.1) is 6.61 Å². The van der Waals surface area contributed by atoms with Crippen LogP contribution in [0.3, 0.4) is 0 Å². The van der Waals surface area contributed by atoms with Crippen molar-refractivity contribution in [3.05, 3.63) is 54.1 Å². The number of hydrogen-bond donors (Lipinski definition) is 4. The molecule has 2 rings (SSSR count). The number of carboxylic acid groups (broad SMARTS) is 1. The molecule has 0 aliphatic heterocycles. The summed E-state index contributed by atoms with van der Waals surface area (Å²) in [6.07, 6.45) is -0.195. The fourth-order valence-corrected chi connectivity index (χ4v) is 2.60. The quantitative estimate of drug-likeness (QED) is 0.426. The van der Waals surface area contributed by atoms with Crippen LogP contribution in [0.2, 0.25) is 0 Å². The van der Waals surface area contributed by atoms with Crippen LogP contribution < -0.4 is 16.4 Å². The molecule has 0 spiro atoms. The van der Waals surface area contributed by atoms with E-state index in [2.05, 4.69) is 10.6 Å². The number of amides is 2. The smallest absolute Gasteiger partial charge is 0.338 e. The van der Waals surface area contributed by atoms with Crippen molar-refractivity contribution in [2.24, 2.45) is 5.73 Å². The van der Waals surface area contributed by atoms with Crippen molar-refractivity contribution in [1.29, 1.82) is 0 Å². The lowest BCUT2D eigenvalue weighted by atomic mass is 9.91. The van der Waals surface area contributed by atoms with Gasteiger partial charge in [0.1, 0.15) is 0 Å². The summed E-state index contributed by atoms with van der Waals surface area (Å²) in [5, 5.41) is 14.6. The number of nitrogens with one attached hydrogen (secondary N) is 2. The van der Waals surface area contributed by atoms with E-state index >= 15 is 0 Å². The Hall–Kier alpha value is -3.39. The highest BCUT2D eigenvalue weighted by atomic mass is 16.5. The molecule has 0 saturated heterocycles. The first-order valence-corrected chi connectivity index (χ1v) is 8.67. The van der Waals surface area contributed by atoms with Crippen LogP contribution >= 0.6 is 0 Å². The Morgan fingerprint density at radius 3 is 2.36 bits per heavy atom. The van der Waals surface area contributed by atoms with Crippen molar-refractivity contribution < 1.29 is 24.2 Å². The van der Waals surface area contributed by atoms with Crippen molar-refractivity contribution in [2.45, 2.75) is 18.9 Å². The third-order valence-corrected chi connectivity index (χ3v) is 4.14. The van der Waals surface area contributed by atoms with Crippen LogP contribution in [0, 0.1) is 0 Å². The second-order valence-electron chi connectivity index (χ2n) is 6.16. The summed E-state index contributed by atoms with van der Waals surface area (Å²) >= 11 is 0. The van der Waals surface area contributed by atoms with E-state index in [9.17, 15) is 19.5 Å². The summed E-state index contributed by atoms with van der Waals surface area (Å²) in [4.78, 5) is 34.9. The molecule has 2 aromatic rings. The van der Waals surface area contributed by atoms with Crippen LogP contribution in [0.4, 0.5) is 10.5 Å². The van der Waals surface area contributed by atoms with E-state index < -0.39 is 17.5 Å². The predicted molar refractivity (Wildman–Crippen MR) is 105 cm³/mol. The maximum Gasteiger partial charge on any atom is 0.338 e. The zero-order valence-corrected chi connectivity index (χ0v) is 15.7. The molecule has 0 aliphatic carbocycles. The number of carboxylic acids is 1. The molecule has 0 heterocycles. The number of aliphatic carboxylic acids is 1. The van der Waals surface area contributed by atoms with Gasteiger partial charge in [0, 0.05) is 19.2 Å². The molecule has 2 amide bonds. The fourth-order valence-electron chi connectivity index (χ4n) is 2.60. The third-order valence-electron chi connectivity index (χ3n) is 4.14. The molecular weight excluding hydrogens is 362 g/mol. The SMILES string of the molecule is CCOC(=O)[C@](N)(Cc1ccc(-c2cccc(NC(=O)NC)c2)cc1)C(=O)O. The summed E-state index contributed by atoms with van der Waals surface area (Å²) in [5.41, 5.74) is 6.61. The first-order valence-electron chi connectivity index (χ1n) is 8.67. The van der Waals surface area contributed by atoms with E-state index in [0.29, 0.717) is 11.3 Å². The molecular formula is C20H23N3O5. The molecule has 0 radical (unpaired) electrons. The van der Waals surface area contributed by atoms with Crippen LogP contribution in [-0.4, -0.2) is 42.3 Å². The minimum absolute atomic E-state index is 0.0461. The molecule has 5 N–H and O–H groups in total. The molecule has 28 heavy (non-hydrogen) atoms. The molecule has 0 bridgehead atoms. The van der Waals surface area contributed by atoms with Crippen molar-refractivity contribution in [2.75, 3.05) is 19.0 Å². The van der Waals surface area contributed by atoms with E-state index in [4.69, 9.17) is 10.5 Å². The number of anilines is 1. The molecule has 2 aromatic carbocycles. The number of rotatable bonds is 7. The van der Waals surface area contributed by atoms with Gasteiger partial charge in [-0.2, -0.15) is 0 Å². The topological polar surface area (TPSA) is 131 Å². The summed E-state index contributed by atoms with van der Waals surface area (Å²) in [6, 6.07) is 14.0. The van der Waals surface area contributed by atoms with Gasteiger partial charge >= 0.3 is 18.0 Å². The average Bonchev–Trinajstić information content (AvgIpc) is 2.68. The van der Waals surface area contributed by atoms with Crippen molar-refractivity contribution in [1.82, 2.24) is 5.32 Å². The predicted octanol–water partition coefficient (Wildman–Crippen LogP) is 1.99. The first-order chi connectivity index (χ1) is 13.3. The van der Waals surface area contributed by atoms with Crippen molar-refractivity contribution in [3.63, 3.8) is 0 Å². The lowest BCUT2D eigenvalue weighted by molar-refractivity contribution is -0.160. The van der Waals surface area contributed by atoms with Gasteiger partial charge in [0.15, 0.2) is 0 Å².